The molecule has 0 aromatic heterocycles. The molecule has 1 N–H and O–H groups in total. The maximum atomic E-state index is 13.0. The first-order valence-electron chi connectivity index (χ1n) is 7.22. The highest BCUT2D eigenvalue weighted by atomic mass is 32.2. The van der Waals surface area contributed by atoms with Crippen molar-refractivity contribution in [2.45, 2.75) is 44.7 Å². The number of benzene rings is 1. The van der Waals surface area contributed by atoms with E-state index in [0.717, 1.165) is 24.8 Å². The molecule has 1 aromatic carbocycles. The van der Waals surface area contributed by atoms with Gasteiger partial charge in [-0.05, 0) is 30.5 Å². The summed E-state index contributed by atoms with van der Waals surface area (Å²) in [7, 11) is -2.87. The van der Waals surface area contributed by atoms with Crippen molar-refractivity contribution in [1.82, 2.24) is 5.32 Å². The summed E-state index contributed by atoms with van der Waals surface area (Å²) in [6.07, 6.45) is 3.77. The van der Waals surface area contributed by atoms with Gasteiger partial charge in [-0.15, -0.1) is 0 Å². The van der Waals surface area contributed by atoms with Crippen LogP contribution in [-0.4, -0.2) is 26.0 Å². The van der Waals surface area contributed by atoms with Crippen molar-refractivity contribution in [2.24, 2.45) is 0 Å². The third-order valence-corrected chi connectivity index (χ3v) is 5.56. The average Bonchev–Trinajstić information content (AvgIpc) is 2.75. The summed E-state index contributed by atoms with van der Waals surface area (Å²) >= 11 is 0. The highest BCUT2D eigenvalue weighted by Crippen LogP contribution is 2.23. The molecule has 1 aliphatic rings. The third-order valence-electron chi connectivity index (χ3n) is 3.79. The van der Waals surface area contributed by atoms with Gasteiger partial charge in [-0.3, -0.25) is 0 Å². The van der Waals surface area contributed by atoms with Crippen LogP contribution in [0.1, 0.15) is 44.2 Å². The number of halogens is 1. The Kier molecular flexibility index (Phi) is 5.16. The van der Waals surface area contributed by atoms with Crippen molar-refractivity contribution < 1.29 is 12.8 Å². The molecule has 1 saturated heterocycles. The minimum Gasteiger partial charge on any atom is -0.306 e. The Morgan fingerprint density at radius 2 is 2.05 bits per heavy atom. The largest absolute Gasteiger partial charge is 0.306 e. The number of unbranched alkanes of at least 4 members (excludes halogenated alkanes) is 1. The van der Waals surface area contributed by atoms with E-state index in [0.29, 0.717) is 6.42 Å². The van der Waals surface area contributed by atoms with E-state index < -0.39 is 9.84 Å². The Morgan fingerprint density at radius 3 is 2.60 bits per heavy atom. The fraction of sp³-hybridized carbons (Fsp3) is 0.600. The smallest absolute Gasteiger partial charge is 0.151 e. The van der Waals surface area contributed by atoms with Crippen LogP contribution in [0.25, 0.3) is 0 Å². The van der Waals surface area contributed by atoms with Crippen LogP contribution >= 0.6 is 0 Å². The Labute approximate surface area is 120 Å². The molecule has 20 heavy (non-hydrogen) atoms. The van der Waals surface area contributed by atoms with E-state index in [1.54, 1.807) is 12.1 Å². The predicted octanol–water partition coefficient (Wildman–Crippen LogP) is 2.83. The minimum atomic E-state index is -2.87. The normalized spacial score (nSPS) is 22.8. The van der Waals surface area contributed by atoms with Crippen LogP contribution in [0.2, 0.25) is 0 Å². The van der Waals surface area contributed by atoms with E-state index in [-0.39, 0.29) is 29.4 Å². The van der Waals surface area contributed by atoms with Gasteiger partial charge in [0.15, 0.2) is 9.84 Å². The second-order valence-corrected chi connectivity index (χ2v) is 7.74. The van der Waals surface area contributed by atoms with Gasteiger partial charge in [0.1, 0.15) is 5.82 Å². The number of hydrogen-bond donors (Lipinski definition) is 1. The molecular weight excluding hydrogens is 277 g/mol. The van der Waals surface area contributed by atoms with Crippen molar-refractivity contribution in [1.29, 1.82) is 0 Å². The summed E-state index contributed by atoms with van der Waals surface area (Å²) in [4.78, 5) is 0. The summed E-state index contributed by atoms with van der Waals surface area (Å²) < 4.78 is 36.1. The number of rotatable bonds is 6. The zero-order chi connectivity index (χ0) is 14.6. The van der Waals surface area contributed by atoms with E-state index in [4.69, 9.17) is 0 Å². The maximum Gasteiger partial charge on any atom is 0.151 e. The molecule has 112 valence electrons. The maximum absolute atomic E-state index is 13.0. The van der Waals surface area contributed by atoms with Crippen LogP contribution in [-0.2, 0) is 9.84 Å². The Bertz CT molecular complexity index is 527. The molecule has 0 spiro atoms. The third kappa shape index (κ3) is 4.28. The Morgan fingerprint density at radius 1 is 1.35 bits per heavy atom. The second-order valence-electron chi connectivity index (χ2n) is 5.51. The monoisotopic (exact) mass is 299 g/mol. The highest BCUT2D eigenvalue weighted by molar-refractivity contribution is 7.91. The van der Waals surface area contributed by atoms with E-state index in [1.807, 2.05) is 0 Å². The van der Waals surface area contributed by atoms with Crippen LogP contribution in [0, 0.1) is 5.82 Å². The number of nitrogens with one attached hydrogen (secondary N) is 1. The van der Waals surface area contributed by atoms with Gasteiger partial charge < -0.3 is 5.32 Å². The summed E-state index contributed by atoms with van der Waals surface area (Å²) in [5.41, 5.74) is 1.03. The van der Waals surface area contributed by atoms with Crippen LogP contribution in [0.15, 0.2) is 24.3 Å². The average molecular weight is 299 g/mol. The minimum absolute atomic E-state index is 0.0203. The zero-order valence-electron chi connectivity index (χ0n) is 11.8. The van der Waals surface area contributed by atoms with Gasteiger partial charge in [-0.2, -0.15) is 0 Å². The molecule has 5 heteroatoms. The highest BCUT2D eigenvalue weighted by Gasteiger charge is 2.29. The fourth-order valence-electron chi connectivity index (χ4n) is 2.66. The predicted molar refractivity (Wildman–Crippen MR) is 78.9 cm³/mol. The summed E-state index contributed by atoms with van der Waals surface area (Å²) in [6.45, 7) is 2.13. The quantitative estimate of drug-likeness (QED) is 0.878. The molecule has 1 aliphatic heterocycles. The van der Waals surface area contributed by atoms with E-state index in [9.17, 15) is 12.8 Å². The molecule has 0 saturated carbocycles. The number of sulfone groups is 1. The lowest BCUT2D eigenvalue weighted by molar-refractivity contribution is 0.426. The van der Waals surface area contributed by atoms with E-state index in [1.165, 1.54) is 12.1 Å². The van der Waals surface area contributed by atoms with Gasteiger partial charge in [-0.25, -0.2) is 12.8 Å². The van der Waals surface area contributed by atoms with Crippen molar-refractivity contribution in [2.75, 3.05) is 11.5 Å². The van der Waals surface area contributed by atoms with Gasteiger partial charge in [0.05, 0.1) is 11.5 Å². The van der Waals surface area contributed by atoms with Crippen LogP contribution < -0.4 is 5.32 Å². The van der Waals surface area contributed by atoms with Crippen molar-refractivity contribution in [3.63, 3.8) is 0 Å². The molecule has 0 bridgehead atoms. The standard InChI is InChI=1S/C15H22FNO2S/c1-2-3-4-15(12-5-7-13(16)8-6-12)17-14-9-10-20(18,19)11-14/h5-8,14-15,17H,2-4,9-11H2,1H3. The molecule has 2 rings (SSSR count). The molecule has 3 nitrogen and oxygen atoms in total. The lowest BCUT2D eigenvalue weighted by Crippen LogP contribution is -2.33. The molecule has 1 fully saturated rings. The second kappa shape index (κ2) is 6.68. The van der Waals surface area contributed by atoms with E-state index in [2.05, 4.69) is 12.2 Å². The van der Waals surface area contributed by atoms with Gasteiger partial charge in [-0.1, -0.05) is 31.9 Å². The Hall–Kier alpha value is -0.940. The first-order chi connectivity index (χ1) is 9.50. The molecule has 1 heterocycles. The van der Waals surface area contributed by atoms with Crippen molar-refractivity contribution in [3.05, 3.63) is 35.6 Å². The Balaban J connectivity index is 2.05. The van der Waals surface area contributed by atoms with Crippen molar-refractivity contribution in [3.8, 4) is 0 Å². The first kappa shape index (κ1) is 15.4. The van der Waals surface area contributed by atoms with Gasteiger partial charge in [0.2, 0.25) is 0 Å². The summed E-state index contributed by atoms with van der Waals surface area (Å²) in [5.74, 6) is 0.247. The first-order valence-corrected chi connectivity index (χ1v) is 9.04. The molecule has 0 aliphatic carbocycles. The molecule has 1 aromatic rings. The molecular formula is C15H22FNO2S. The molecule has 2 atom stereocenters. The molecule has 0 amide bonds. The topological polar surface area (TPSA) is 46.2 Å². The van der Waals surface area contributed by atoms with Crippen LogP contribution in [0.5, 0.6) is 0 Å². The summed E-state index contributed by atoms with van der Waals surface area (Å²) in [5, 5.41) is 3.44. The van der Waals surface area contributed by atoms with Crippen LogP contribution in [0.4, 0.5) is 4.39 Å². The zero-order valence-corrected chi connectivity index (χ0v) is 12.6. The van der Waals surface area contributed by atoms with Gasteiger partial charge in [0.25, 0.3) is 0 Å². The summed E-state index contributed by atoms with van der Waals surface area (Å²) in [6, 6.07) is 6.61. The molecule has 2 unspecified atom stereocenters. The fourth-order valence-corrected chi connectivity index (χ4v) is 4.35. The van der Waals surface area contributed by atoms with Gasteiger partial charge >= 0.3 is 0 Å². The SMILES string of the molecule is CCCCC(NC1CCS(=O)(=O)C1)c1ccc(F)cc1. The lowest BCUT2D eigenvalue weighted by atomic mass is 10.00. The van der Waals surface area contributed by atoms with Crippen LogP contribution in [0.3, 0.4) is 0 Å². The van der Waals surface area contributed by atoms with Crippen molar-refractivity contribution >= 4 is 9.84 Å². The molecule has 0 radical (unpaired) electrons. The van der Waals surface area contributed by atoms with Gasteiger partial charge in [0, 0.05) is 12.1 Å². The lowest BCUT2D eigenvalue weighted by Gasteiger charge is -2.23. The number of hydrogen-bond acceptors (Lipinski definition) is 3. The van der Waals surface area contributed by atoms with E-state index >= 15 is 0 Å².